The third-order valence-corrected chi connectivity index (χ3v) is 2.43. The van der Waals surface area contributed by atoms with Crippen LogP contribution in [0.2, 0.25) is 0 Å². The van der Waals surface area contributed by atoms with Crippen molar-refractivity contribution in [2.45, 2.75) is 32.7 Å². The van der Waals surface area contributed by atoms with Crippen LogP contribution in [0.25, 0.3) is 0 Å². The molecule has 16 heavy (non-hydrogen) atoms. The van der Waals surface area contributed by atoms with Crippen molar-refractivity contribution in [1.29, 1.82) is 0 Å². The lowest BCUT2D eigenvalue weighted by Crippen LogP contribution is -2.48. The molecule has 0 aromatic carbocycles. The molecule has 0 aromatic rings. The van der Waals surface area contributed by atoms with E-state index in [2.05, 4.69) is 24.6 Å². The number of rotatable bonds is 6. The van der Waals surface area contributed by atoms with Crippen LogP contribution in [-0.4, -0.2) is 49.8 Å². The molecule has 1 amide bonds. The Bertz CT molecular complexity index is 203. The van der Waals surface area contributed by atoms with Gasteiger partial charge in [0.15, 0.2) is 0 Å². The van der Waals surface area contributed by atoms with Gasteiger partial charge in [0.25, 0.3) is 0 Å². The van der Waals surface area contributed by atoms with Crippen molar-refractivity contribution in [3.8, 4) is 0 Å². The fourth-order valence-corrected chi connectivity index (χ4v) is 1.55. The SMILES string of the molecule is CC(C)NCCCC(=O)NN1CCOCC1. The second-order valence-corrected chi connectivity index (χ2v) is 4.35. The number of carbonyl (C=O) groups is 1. The molecule has 5 heteroatoms. The number of carbonyl (C=O) groups excluding carboxylic acids is 1. The second kappa shape index (κ2) is 7.60. The number of amides is 1. The molecule has 1 heterocycles. The van der Waals surface area contributed by atoms with Gasteiger partial charge < -0.3 is 10.1 Å². The van der Waals surface area contributed by atoms with E-state index in [1.165, 1.54) is 0 Å². The Balaban J connectivity index is 2.01. The van der Waals surface area contributed by atoms with Gasteiger partial charge in [-0.3, -0.25) is 10.2 Å². The lowest BCUT2D eigenvalue weighted by molar-refractivity contribution is -0.128. The minimum atomic E-state index is 0.104. The van der Waals surface area contributed by atoms with Crippen molar-refractivity contribution in [2.24, 2.45) is 0 Å². The quantitative estimate of drug-likeness (QED) is 0.636. The molecule has 1 aliphatic rings. The first kappa shape index (κ1) is 13.4. The Labute approximate surface area is 97.5 Å². The molecular formula is C11H23N3O2. The fourth-order valence-electron chi connectivity index (χ4n) is 1.55. The van der Waals surface area contributed by atoms with Crippen LogP contribution in [0.15, 0.2) is 0 Å². The number of hydrazine groups is 1. The summed E-state index contributed by atoms with van der Waals surface area (Å²) < 4.78 is 5.20. The van der Waals surface area contributed by atoms with Crippen molar-refractivity contribution in [2.75, 3.05) is 32.8 Å². The normalized spacial score (nSPS) is 17.7. The van der Waals surface area contributed by atoms with Crippen LogP contribution in [0.3, 0.4) is 0 Å². The Kier molecular flexibility index (Phi) is 6.37. The number of hydrogen-bond donors (Lipinski definition) is 2. The summed E-state index contributed by atoms with van der Waals surface area (Å²) in [5.74, 6) is 0.104. The number of ether oxygens (including phenoxy) is 1. The maximum Gasteiger partial charge on any atom is 0.234 e. The summed E-state index contributed by atoms with van der Waals surface area (Å²) in [4.78, 5) is 11.5. The molecule has 1 rings (SSSR count). The lowest BCUT2D eigenvalue weighted by atomic mass is 10.3. The van der Waals surface area contributed by atoms with Gasteiger partial charge in [-0.2, -0.15) is 0 Å². The minimum Gasteiger partial charge on any atom is -0.379 e. The number of nitrogens with zero attached hydrogens (tertiary/aromatic N) is 1. The van der Waals surface area contributed by atoms with E-state index in [-0.39, 0.29) is 5.91 Å². The van der Waals surface area contributed by atoms with E-state index in [4.69, 9.17) is 4.74 Å². The maximum absolute atomic E-state index is 11.5. The highest BCUT2D eigenvalue weighted by Gasteiger charge is 2.12. The Morgan fingerprint density at radius 3 is 2.69 bits per heavy atom. The molecule has 0 spiro atoms. The van der Waals surface area contributed by atoms with E-state index in [1.54, 1.807) is 0 Å². The van der Waals surface area contributed by atoms with Gasteiger partial charge in [-0.1, -0.05) is 13.8 Å². The largest absolute Gasteiger partial charge is 0.379 e. The van der Waals surface area contributed by atoms with Crippen LogP contribution in [0, 0.1) is 0 Å². The highest BCUT2D eigenvalue weighted by molar-refractivity contribution is 5.75. The minimum absolute atomic E-state index is 0.104. The van der Waals surface area contributed by atoms with Crippen molar-refractivity contribution < 1.29 is 9.53 Å². The molecule has 5 nitrogen and oxygen atoms in total. The van der Waals surface area contributed by atoms with Crippen LogP contribution in [0.4, 0.5) is 0 Å². The Morgan fingerprint density at radius 1 is 1.38 bits per heavy atom. The topological polar surface area (TPSA) is 53.6 Å². The molecular weight excluding hydrogens is 206 g/mol. The average Bonchev–Trinajstić information content (AvgIpc) is 2.25. The summed E-state index contributed by atoms with van der Waals surface area (Å²) in [6, 6.07) is 0.488. The Hall–Kier alpha value is -0.650. The first-order valence-electron chi connectivity index (χ1n) is 6.04. The van der Waals surface area contributed by atoms with Crippen molar-refractivity contribution >= 4 is 5.91 Å². The summed E-state index contributed by atoms with van der Waals surface area (Å²) in [5.41, 5.74) is 2.89. The number of nitrogens with one attached hydrogen (secondary N) is 2. The van der Waals surface area contributed by atoms with E-state index in [9.17, 15) is 4.79 Å². The van der Waals surface area contributed by atoms with E-state index >= 15 is 0 Å². The highest BCUT2D eigenvalue weighted by atomic mass is 16.5. The zero-order valence-electron chi connectivity index (χ0n) is 10.3. The molecule has 1 fully saturated rings. The summed E-state index contributed by atoms with van der Waals surface area (Å²) in [6.07, 6.45) is 1.46. The Morgan fingerprint density at radius 2 is 2.06 bits per heavy atom. The summed E-state index contributed by atoms with van der Waals surface area (Å²) >= 11 is 0. The first-order chi connectivity index (χ1) is 7.68. The third kappa shape index (κ3) is 6.05. The number of morpholine rings is 1. The van der Waals surface area contributed by atoms with Crippen LogP contribution in [0.5, 0.6) is 0 Å². The zero-order chi connectivity index (χ0) is 11.8. The fraction of sp³-hybridized carbons (Fsp3) is 0.909. The molecule has 0 atom stereocenters. The van der Waals surface area contributed by atoms with Gasteiger partial charge in [0.1, 0.15) is 0 Å². The van der Waals surface area contributed by atoms with Gasteiger partial charge in [-0.25, -0.2) is 5.01 Å². The molecule has 1 saturated heterocycles. The van der Waals surface area contributed by atoms with Gasteiger partial charge in [-0.15, -0.1) is 0 Å². The summed E-state index contributed by atoms with van der Waals surface area (Å²) in [7, 11) is 0. The maximum atomic E-state index is 11.5. The van der Waals surface area contributed by atoms with Crippen LogP contribution in [0.1, 0.15) is 26.7 Å². The monoisotopic (exact) mass is 229 g/mol. The van der Waals surface area contributed by atoms with Gasteiger partial charge in [0, 0.05) is 25.6 Å². The molecule has 0 bridgehead atoms. The molecule has 94 valence electrons. The molecule has 0 aliphatic carbocycles. The molecule has 0 radical (unpaired) electrons. The van der Waals surface area contributed by atoms with Crippen molar-refractivity contribution in [1.82, 2.24) is 15.8 Å². The van der Waals surface area contributed by atoms with Crippen molar-refractivity contribution in [3.63, 3.8) is 0 Å². The standard InChI is InChI=1S/C11H23N3O2/c1-10(2)12-5-3-4-11(15)13-14-6-8-16-9-7-14/h10,12H,3-9H2,1-2H3,(H,13,15). The van der Waals surface area contributed by atoms with E-state index < -0.39 is 0 Å². The predicted molar refractivity (Wildman–Crippen MR) is 62.9 cm³/mol. The van der Waals surface area contributed by atoms with Gasteiger partial charge >= 0.3 is 0 Å². The van der Waals surface area contributed by atoms with Crippen LogP contribution < -0.4 is 10.7 Å². The van der Waals surface area contributed by atoms with E-state index in [1.807, 2.05) is 5.01 Å². The molecule has 0 saturated carbocycles. The van der Waals surface area contributed by atoms with Gasteiger partial charge in [0.05, 0.1) is 13.2 Å². The number of hydrogen-bond acceptors (Lipinski definition) is 4. The zero-order valence-corrected chi connectivity index (χ0v) is 10.3. The summed E-state index contributed by atoms with van der Waals surface area (Å²) in [5, 5.41) is 5.22. The van der Waals surface area contributed by atoms with E-state index in [0.29, 0.717) is 25.7 Å². The van der Waals surface area contributed by atoms with Gasteiger partial charge in [0.2, 0.25) is 5.91 Å². The smallest absolute Gasteiger partial charge is 0.234 e. The van der Waals surface area contributed by atoms with E-state index in [0.717, 1.165) is 26.1 Å². The van der Waals surface area contributed by atoms with Crippen LogP contribution in [-0.2, 0) is 9.53 Å². The predicted octanol–water partition coefficient (Wildman–Crippen LogP) is 0.128. The van der Waals surface area contributed by atoms with Crippen LogP contribution >= 0.6 is 0 Å². The summed E-state index contributed by atoms with van der Waals surface area (Å²) in [6.45, 7) is 8.09. The average molecular weight is 229 g/mol. The molecule has 0 unspecified atom stereocenters. The first-order valence-corrected chi connectivity index (χ1v) is 6.04. The molecule has 1 aliphatic heterocycles. The van der Waals surface area contributed by atoms with Crippen molar-refractivity contribution in [3.05, 3.63) is 0 Å². The molecule has 0 aromatic heterocycles. The molecule has 2 N–H and O–H groups in total. The lowest BCUT2D eigenvalue weighted by Gasteiger charge is -2.26. The highest BCUT2D eigenvalue weighted by Crippen LogP contribution is 1.94. The second-order valence-electron chi connectivity index (χ2n) is 4.35. The third-order valence-electron chi connectivity index (χ3n) is 2.43. The van der Waals surface area contributed by atoms with Gasteiger partial charge in [-0.05, 0) is 13.0 Å².